The Morgan fingerprint density at radius 2 is 1.63 bits per heavy atom. The summed E-state index contributed by atoms with van der Waals surface area (Å²) in [7, 11) is 0. The van der Waals surface area contributed by atoms with Gasteiger partial charge in [-0.15, -0.1) is 0 Å². The number of aromatic carboxylic acids is 1. The number of rotatable bonds is 2. The predicted octanol–water partition coefficient (Wildman–Crippen LogP) is 2.70. The van der Waals surface area contributed by atoms with Gasteiger partial charge in [0.15, 0.2) is 11.5 Å². The molecule has 1 heterocycles. The molecule has 5 nitrogen and oxygen atoms in total. The van der Waals surface area contributed by atoms with E-state index in [1.54, 1.807) is 20.8 Å². The van der Waals surface area contributed by atoms with E-state index in [2.05, 4.69) is 9.97 Å². The molecule has 104 valence electrons. The van der Waals surface area contributed by atoms with E-state index in [9.17, 15) is 14.7 Å². The number of carbonyl (C=O) groups is 2. The number of carboxylic acids is 1. The molecule has 1 aromatic rings. The van der Waals surface area contributed by atoms with E-state index < -0.39 is 11.4 Å². The van der Waals surface area contributed by atoms with Gasteiger partial charge in [-0.2, -0.15) is 0 Å². The zero-order chi connectivity index (χ0) is 15.0. The van der Waals surface area contributed by atoms with Crippen LogP contribution >= 0.6 is 0 Å². The van der Waals surface area contributed by atoms with Crippen molar-refractivity contribution in [2.24, 2.45) is 5.41 Å². The Labute approximate surface area is 113 Å². The SMILES string of the molecule is CC(C)(C)C(=O)c1cnc(C(C)(C)C)nc1C(=O)O. The van der Waals surface area contributed by atoms with E-state index in [4.69, 9.17) is 0 Å². The van der Waals surface area contributed by atoms with Crippen molar-refractivity contribution in [1.82, 2.24) is 9.97 Å². The lowest BCUT2D eigenvalue weighted by Gasteiger charge is -2.20. The summed E-state index contributed by atoms with van der Waals surface area (Å²) < 4.78 is 0. The number of carbonyl (C=O) groups excluding carboxylic acids is 1. The molecule has 0 aliphatic rings. The van der Waals surface area contributed by atoms with E-state index >= 15 is 0 Å². The maximum atomic E-state index is 12.2. The second-order valence-electron chi connectivity index (χ2n) is 6.59. The molecule has 0 aliphatic heterocycles. The van der Waals surface area contributed by atoms with Crippen LogP contribution < -0.4 is 0 Å². The zero-order valence-electron chi connectivity index (χ0n) is 12.2. The normalized spacial score (nSPS) is 12.3. The third kappa shape index (κ3) is 3.36. The number of carboxylic acid groups (broad SMARTS) is 1. The standard InChI is InChI=1S/C14H20N2O3/c1-13(2,3)10(17)8-7-15-12(14(4,5)6)16-9(8)11(18)19/h7H,1-6H3,(H,18,19). The number of hydrogen-bond acceptors (Lipinski definition) is 4. The first-order chi connectivity index (χ1) is 8.44. The third-order valence-corrected chi connectivity index (χ3v) is 2.59. The van der Waals surface area contributed by atoms with E-state index in [0.29, 0.717) is 5.82 Å². The molecule has 0 spiro atoms. The molecule has 0 radical (unpaired) electrons. The Hall–Kier alpha value is -1.78. The van der Waals surface area contributed by atoms with Crippen molar-refractivity contribution in [3.63, 3.8) is 0 Å². The van der Waals surface area contributed by atoms with Crippen LogP contribution in [0.1, 0.15) is 68.2 Å². The van der Waals surface area contributed by atoms with E-state index in [1.807, 2.05) is 20.8 Å². The molecule has 0 amide bonds. The Balaban J connectivity index is 3.44. The first kappa shape index (κ1) is 15.3. The number of nitrogens with zero attached hydrogens (tertiary/aromatic N) is 2. The van der Waals surface area contributed by atoms with Crippen LogP contribution in [0.25, 0.3) is 0 Å². The summed E-state index contributed by atoms with van der Waals surface area (Å²) in [5.74, 6) is -1.07. The molecule has 0 aromatic carbocycles. The molecule has 0 aliphatic carbocycles. The van der Waals surface area contributed by atoms with Crippen LogP contribution in [-0.2, 0) is 5.41 Å². The average molecular weight is 264 g/mol. The summed E-state index contributed by atoms with van der Waals surface area (Å²) in [5.41, 5.74) is -1.20. The molecule has 0 saturated carbocycles. The number of Topliss-reactive ketones (excluding diaryl/α,β-unsaturated/α-hetero) is 1. The van der Waals surface area contributed by atoms with Crippen molar-refractivity contribution >= 4 is 11.8 Å². The van der Waals surface area contributed by atoms with E-state index in [1.165, 1.54) is 6.20 Å². The lowest BCUT2D eigenvalue weighted by Crippen LogP contribution is -2.26. The van der Waals surface area contributed by atoms with E-state index in [0.717, 1.165) is 0 Å². The molecular weight excluding hydrogens is 244 g/mol. The summed E-state index contributed by atoms with van der Waals surface area (Å²) in [5, 5.41) is 9.23. The molecule has 1 N–H and O–H groups in total. The first-order valence-corrected chi connectivity index (χ1v) is 6.10. The highest BCUT2D eigenvalue weighted by Gasteiger charge is 2.30. The quantitative estimate of drug-likeness (QED) is 0.831. The number of ketones is 1. The van der Waals surface area contributed by atoms with Crippen LogP contribution in [0.5, 0.6) is 0 Å². The topological polar surface area (TPSA) is 80.2 Å². The highest BCUT2D eigenvalue weighted by molar-refractivity contribution is 6.06. The van der Waals surface area contributed by atoms with Crippen LogP contribution in [0.2, 0.25) is 0 Å². The molecule has 0 fully saturated rings. The zero-order valence-corrected chi connectivity index (χ0v) is 12.2. The Bertz CT molecular complexity index is 522. The molecule has 0 saturated heterocycles. The highest BCUT2D eigenvalue weighted by Crippen LogP contribution is 2.24. The molecule has 1 rings (SSSR count). The molecule has 1 aromatic heterocycles. The molecular formula is C14H20N2O3. The minimum Gasteiger partial charge on any atom is -0.476 e. The highest BCUT2D eigenvalue weighted by atomic mass is 16.4. The van der Waals surface area contributed by atoms with Gasteiger partial charge in [0.2, 0.25) is 0 Å². The fraction of sp³-hybridized carbons (Fsp3) is 0.571. The monoisotopic (exact) mass is 264 g/mol. The third-order valence-electron chi connectivity index (χ3n) is 2.59. The maximum absolute atomic E-state index is 12.2. The summed E-state index contributed by atoms with van der Waals surface area (Å²) in [6.07, 6.45) is 1.32. The van der Waals surface area contributed by atoms with Gasteiger partial charge in [0.1, 0.15) is 5.82 Å². The Kier molecular flexibility index (Phi) is 3.79. The largest absolute Gasteiger partial charge is 0.476 e. The van der Waals surface area contributed by atoms with Gasteiger partial charge in [0.05, 0.1) is 5.56 Å². The molecule has 0 atom stereocenters. The van der Waals surface area contributed by atoms with Gasteiger partial charge in [0.25, 0.3) is 0 Å². The number of hydrogen-bond donors (Lipinski definition) is 1. The molecule has 0 unspecified atom stereocenters. The van der Waals surface area contributed by atoms with Crippen molar-refractivity contribution in [2.45, 2.75) is 47.0 Å². The van der Waals surface area contributed by atoms with Crippen LogP contribution in [0.15, 0.2) is 6.20 Å². The molecule has 5 heteroatoms. The maximum Gasteiger partial charge on any atom is 0.355 e. The van der Waals surface area contributed by atoms with Gasteiger partial charge in [-0.1, -0.05) is 41.5 Å². The molecule has 0 bridgehead atoms. The van der Waals surface area contributed by atoms with Crippen LogP contribution in [-0.4, -0.2) is 26.8 Å². The fourth-order valence-electron chi connectivity index (χ4n) is 1.48. The lowest BCUT2D eigenvalue weighted by molar-refractivity contribution is 0.0680. The van der Waals surface area contributed by atoms with Crippen molar-refractivity contribution in [2.75, 3.05) is 0 Å². The first-order valence-electron chi connectivity index (χ1n) is 6.10. The second-order valence-corrected chi connectivity index (χ2v) is 6.59. The van der Waals surface area contributed by atoms with Crippen molar-refractivity contribution in [1.29, 1.82) is 0 Å². The molecule has 19 heavy (non-hydrogen) atoms. The summed E-state index contributed by atoms with van der Waals surface area (Å²) in [4.78, 5) is 31.7. The van der Waals surface area contributed by atoms with Gasteiger partial charge in [0, 0.05) is 17.0 Å². The predicted molar refractivity (Wildman–Crippen MR) is 71.5 cm³/mol. The van der Waals surface area contributed by atoms with Crippen molar-refractivity contribution in [3.05, 3.63) is 23.3 Å². The van der Waals surface area contributed by atoms with Crippen LogP contribution in [0.4, 0.5) is 0 Å². The number of aromatic nitrogens is 2. The van der Waals surface area contributed by atoms with Gasteiger partial charge >= 0.3 is 5.97 Å². The van der Waals surface area contributed by atoms with Crippen LogP contribution in [0, 0.1) is 5.41 Å². The minimum absolute atomic E-state index is 0.0630. The minimum atomic E-state index is -1.21. The summed E-state index contributed by atoms with van der Waals surface area (Å²) >= 11 is 0. The lowest BCUT2D eigenvalue weighted by atomic mass is 9.86. The van der Waals surface area contributed by atoms with Gasteiger partial charge < -0.3 is 5.11 Å². The van der Waals surface area contributed by atoms with Gasteiger partial charge in [-0.25, -0.2) is 14.8 Å². The smallest absolute Gasteiger partial charge is 0.355 e. The van der Waals surface area contributed by atoms with Gasteiger partial charge in [-0.05, 0) is 0 Å². The second kappa shape index (κ2) is 4.72. The summed E-state index contributed by atoms with van der Waals surface area (Å²) in [6, 6.07) is 0. The van der Waals surface area contributed by atoms with Crippen molar-refractivity contribution in [3.8, 4) is 0 Å². The Morgan fingerprint density at radius 1 is 1.11 bits per heavy atom. The average Bonchev–Trinajstić information content (AvgIpc) is 2.24. The fourth-order valence-corrected chi connectivity index (χ4v) is 1.48. The van der Waals surface area contributed by atoms with Crippen molar-refractivity contribution < 1.29 is 14.7 Å². The van der Waals surface area contributed by atoms with Crippen LogP contribution in [0.3, 0.4) is 0 Å². The summed E-state index contributed by atoms with van der Waals surface area (Å²) in [6.45, 7) is 10.9. The Morgan fingerprint density at radius 3 is 2.00 bits per heavy atom. The van der Waals surface area contributed by atoms with Gasteiger partial charge in [-0.3, -0.25) is 4.79 Å². The van der Waals surface area contributed by atoms with E-state index in [-0.39, 0.29) is 22.5 Å².